The molecular weight excluding hydrogens is 461 g/mol. The van der Waals surface area contributed by atoms with Gasteiger partial charge in [0.15, 0.2) is 5.78 Å². The monoisotopic (exact) mass is 490 g/mol. The number of hydrogen-bond donors (Lipinski definition) is 0. The number of thioether (sulfide) groups is 1. The first-order valence-electron chi connectivity index (χ1n) is 11.1. The second-order valence-corrected chi connectivity index (χ2v) is 13.3. The number of ketones is 1. The SMILES string of the molecule is CC(C)(C)C1=CC(=CC=C2C=C(c3cccs3)SC(c3cccs3)=C2)C=C(C(C)(C)C)C1=O. The Morgan fingerprint density at radius 1 is 0.667 bits per heavy atom. The molecule has 1 nitrogen and oxygen atoms in total. The molecule has 4 heteroatoms. The summed E-state index contributed by atoms with van der Waals surface area (Å²) in [5.74, 6) is 0.175. The van der Waals surface area contributed by atoms with E-state index in [2.05, 4.69) is 113 Å². The maximum atomic E-state index is 13.2. The van der Waals surface area contributed by atoms with Gasteiger partial charge in [-0.05, 0) is 69.2 Å². The molecule has 2 aromatic rings. The maximum absolute atomic E-state index is 13.2. The summed E-state index contributed by atoms with van der Waals surface area (Å²) >= 11 is 5.38. The van der Waals surface area contributed by atoms with E-state index in [1.807, 2.05) is 11.8 Å². The van der Waals surface area contributed by atoms with Crippen LogP contribution in [0.15, 0.2) is 93.8 Å². The van der Waals surface area contributed by atoms with E-state index in [0.717, 1.165) is 16.7 Å². The van der Waals surface area contributed by atoms with E-state index in [-0.39, 0.29) is 16.6 Å². The van der Waals surface area contributed by atoms with Gasteiger partial charge >= 0.3 is 0 Å². The van der Waals surface area contributed by atoms with E-state index in [0.29, 0.717) is 0 Å². The average molecular weight is 491 g/mol. The molecule has 0 N–H and O–H groups in total. The standard InChI is InChI=1S/C29H30OS3/c1-28(2,3)21-15-19(16-22(27(21)30)29(4,5)6)11-12-20-17-25(23-9-7-13-31-23)33-26(18-20)24-10-8-14-32-24/h7-18H,1-6H3. The fourth-order valence-electron chi connectivity index (χ4n) is 3.75. The Bertz CT molecular complexity index is 1140. The van der Waals surface area contributed by atoms with Crippen LogP contribution in [0.3, 0.4) is 0 Å². The second-order valence-electron chi connectivity index (χ2n) is 10.4. The summed E-state index contributed by atoms with van der Waals surface area (Å²) in [7, 11) is 0. The van der Waals surface area contributed by atoms with Crippen LogP contribution in [0.2, 0.25) is 0 Å². The normalized spacial score (nSPS) is 17.3. The second kappa shape index (κ2) is 9.25. The molecule has 0 atom stereocenters. The lowest BCUT2D eigenvalue weighted by atomic mass is 9.72. The molecule has 0 unspecified atom stereocenters. The van der Waals surface area contributed by atoms with Crippen LogP contribution in [0.25, 0.3) is 9.81 Å². The predicted octanol–water partition coefficient (Wildman–Crippen LogP) is 9.32. The lowest BCUT2D eigenvalue weighted by molar-refractivity contribution is -0.114. The summed E-state index contributed by atoms with van der Waals surface area (Å²) in [5, 5.41) is 4.25. The van der Waals surface area contributed by atoms with Crippen molar-refractivity contribution in [3.63, 3.8) is 0 Å². The molecule has 33 heavy (non-hydrogen) atoms. The van der Waals surface area contributed by atoms with Crippen molar-refractivity contribution in [1.29, 1.82) is 0 Å². The lowest BCUT2D eigenvalue weighted by Crippen LogP contribution is -2.27. The van der Waals surface area contributed by atoms with Crippen molar-refractivity contribution in [2.24, 2.45) is 10.8 Å². The van der Waals surface area contributed by atoms with Gasteiger partial charge in [-0.2, -0.15) is 0 Å². The van der Waals surface area contributed by atoms with Crippen molar-refractivity contribution in [2.45, 2.75) is 41.5 Å². The largest absolute Gasteiger partial charge is 0.289 e. The lowest BCUT2D eigenvalue weighted by Gasteiger charge is -2.31. The van der Waals surface area contributed by atoms with Crippen molar-refractivity contribution in [3.8, 4) is 0 Å². The molecule has 0 fully saturated rings. The van der Waals surface area contributed by atoms with E-state index >= 15 is 0 Å². The van der Waals surface area contributed by atoms with Gasteiger partial charge in [0.2, 0.25) is 0 Å². The highest BCUT2D eigenvalue weighted by atomic mass is 32.2. The summed E-state index contributed by atoms with van der Waals surface area (Å²) in [6, 6.07) is 8.57. The predicted molar refractivity (Wildman–Crippen MR) is 148 cm³/mol. The van der Waals surface area contributed by atoms with Crippen molar-refractivity contribution >= 4 is 50.0 Å². The fourth-order valence-corrected chi connectivity index (χ4v) is 6.53. The van der Waals surface area contributed by atoms with Crippen LogP contribution in [0.4, 0.5) is 0 Å². The summed E-state index contributed by atoms with van der Waals surface area (Å²) in [5.41, 5.74) is 3.60. The van der Waals surface area contributed by atoms with E-state index in [9.17, 15) is 4.79 Å². The average Bonchev–Trinajstić information content (AvgIpc) is 3.45. The molecule has 1 aliphatic heterocycles. The van der Waals surface area contributed by atoms with Crippen molar-refractivity contribution in [1.82, 2.24) is 0 Å². The van der Waals surface area contributed by atoms with Gasteiger partial charge in [0.25, 0.3) is 0 Å². The molecule has 0 radical (unpaired) electrons. The van der Waals surface area contributed by atoms with E-state index in [1.54, 1.807) is 22.7 Å². The van der Waals surface area contributed by atoms with E-state index in [4.69, 9.17) is 0 Å². The summed E-state index contributed by atoms with van der Waals surface area (Å²) < 4.78 is 0. The van der Waals surface area contributed by atoms with Crippen molar-refractivity contribution < 1.29 is 4.79 Å². The number of hydrogen-bond acceptors (Lipinski definition) is 4. The maximum Gasteiger partial charge on any atom is 0.186 e. The molecule has 0 saturated heterocycles. The minimum absolute atomic E-state index is 0.175. The summed E-state index contributed by atoms with van der Waals surface area (Å²) in [6.45, 7) is 12.7. The number of Topliss-reactive ketones (excluding diaryl/α,β-unsaturated/α-hetero) is 1. The van der Waals surface area contributed by atoms with Crippen LogP contribution >= 0.6 is 34.4 Å². The molecule has 2 aliphatic rings. The Kier molecular flexibility index (Phi) is 6.73. The highest BCUT2D eigenvalue weighted by molar-refractivity contribution is 8.17. The van der Waals surface area contributed by atoms with Crippen molar-refractivity contribution in [2.75, 3.05) is 0 Å². The molecule has 0 aromatic carbocycles. The number of rotatable bonds is 3. The van der Waals surface area contributed by atoms with Gasteiger partial charge in [0, 0.05) is 30.7 Å². The Morgan fingerprint density at radius 3 is 1.45 bits per heavy atom. The Morgan fingerprint density at radius 2 is 1.09 bits per heavy atom. The first kappa shape index (κ1) is 24.0. The third-order valence-corrected chi connectivity index (χ3v) is 8.72. The molecule has 0 bridgehead atoms. The highest BCUT2D eigenvalue weighted by Crippen LogP contribution is 2.46. The van der Waals surface area contributed by atoms with Gasteiger partial charge in [0.05, 0.1) is 0 Å². The van der Waals surface area contributed by atoms with Crippen LogP contribution < -0.4 is 0 Å². The Hall–Kier alpha value is -2.14. The minimum Gasteiger partial charge on any atom is -0.289 e. The number of allylic oxidation sites excluding steroid dienone is 10. The van der Waals surface area contributed by atoms with Gasteiger partial charge < -0.3 is 0 Å². The quantitative estimate of drug-likeness (QED) is 0.426. The van der Waals surface area contributed by atoms with Gasteiger partial charge in [-0.1, -0.05) is 77.6 Å². The van der Waals surface area contributed by atoms with Crippen LogP contribution in [0, 0.1) is 10.8 Å². The van der Waals surface area contributed by atoms with E-state index < -0.39 is 0 Å². The van der Waals surface area contributed by atoms with Gasteiger partial charge in [-0.25, -0.2) is 0 Å². The molecule has 0 saturated carbocycles. The summed E-state index contributed by atoms with van der Waals surface area (Å²) in [6.07, 6.45) is 13.0. The van der Waals surface area contributed by atoms with Crippen LogP contribution in [0.1, 0.15) is 51.3 Å². The Balaban J connectivity index is 1.78. The minimum atomic E-state index is -0.200. The summed E-state index contributed by atoms with van der Waals surface area (Å²) in [4.78, 5) is 18.3. The van der Waals surface area contributed by atoms with Crippen LogP contribution in [-0.2, 0) is 4.79 Å². The molecule has 0 amide bonds. The topological polar surface area (TPSA) is 17.1 Å². The van der Waals surface area contributed by atoms with Gasteiger partial charge in [0.1, 0.15) is 0 Å². The zero-order valence-electron chi connectivity index (χ0n) is 20.1. The molecule has 170 valence electrons. The number of thiophene rings is 2. The van der Waals surface area contributed by atoms with Gasteiger partial charge in [-0.15, -0.1) is 22.7 Å². The molecule has 2 aromatic heterocycles. The van der Waals surface area contributed by atoms with Gasteiger partial charge in [-0.3, -0.25) is 4.79 Å². The molecule has 4 rings (SSSR count). The Labute approximate surface area is 210 Å². The molecule has 0 spiro atoms. The zero-order chi connectivity index (χ0) is 23.8. The van der Waals surface area contributed by atoms with Crippen LogP contribution in [-0.4, -0.2) is 5.78 Å². The van der Waals surface area contributed by atoms with Crippen molar-refractivity contribution in [3.05, 3.63) is 104 Å². The zero-order valence-corrected chi connectivity index (χ0v) is 22.5. The molecule has 3 heterocycles. The highest BCUT2D eigenvalue weighted by Gasteiger charge is 2.33. The smallest absolute Gasteiger partial charge is 0.186 e. The first-order chi connectivity index (χ1) is 15.5. The third kappa shape index (κ3) is 5.51. The van der Waals surface area contributed by atoms with E-state index in [1.165, 1.54) is 25.1 Å². The molecular formula is C29H30OS3. The number of carbonyl (C=O) groups excluding carboxylic acids is 1. The number of carbonyl (C=O) groups is 1. The first-order valence-corrected chi connectivity index (χ1v) is 13.7. The van der Waals surface area contributed by atoms with Crippen LogP contribution in [0.5, 0.6) is 0 Å². The fraction of sp³-hybridized carbons (Fsp3) is 0.276. The third-order valence-electron chi connectivity index (χ3n) is 5.54. The molecule has 1 aliphatic carbocycles.